The molecule has 1 aromatic carbocycles. The molecule has 0 unspecified atom stereocenters. The maximum Gasteiger partial charge on any atom is 0.339 e. The predicted octanol–water partition coefficient (Wildman–Crippen LogP) is 2.92. The van der Waals surface area contributed by atoms with Crippen molar-refractivity contribution in [2.24, 2.45) is 0 Å². The van der Waals surface area contributed by atoms with E-state index in [1.807, 2.05) is 0 Å². The van der Waals surface area contributed by atoms with Crippen LogP contribution in [-0.4, -0.2) is 21.0 Å². The van der Waals surface area contributed by atoms with Crippen molar-refractivity contribution in [2.75, 3.05) is 0 Å². The van der Waals surface area contributed by atoms with Crippen LogP contribution in [0, 0.1) is 10.1 Å². The van der Waals surface area contributed by atoms with Gasteiger partial charge in [-0.3, -0.25) is 10.1 Å². The normalized spacial score (nSPS) is 9.83. The summed E-state index contributed by atoms with van der Waals surface area (Å²) in [6, 6.07) is 4.12. The van der Waals surface area contributed by atoms with Crippen LogP contribution in [0.3, 0.4) is 0 Å². The van der Waals surface area contributed by atoms with E-state index in [0.717, 1.165) is 6.20 Å². The third kappa shape index (κ3) is 2.34. The summed E-state index contributed by atoms with van der Waals surface area (Å²) in [4.78, 5) is 24.7. The van der Waals surface area contributed by atoms with E-state index in [0.29, 0.717) is 5.39 Å². The lowest BCUT2D eigenvalue weighted by Gasteiger charge is -2.03. The monoisotopic (exact) mass is 288 g/mol. The molecule has 0 saturated heterocycles. The number of rotatable bonds is 2. The minimum absolute atomic E-state index is 0. The molecule has 94 valence electrons. The first-order valence-corrected chi connectivity index (χ1v) is 4.84. The van der Waals surface area contributed by atoms with E-state index in [9.17, 15) is 14.9 Å². The van der Waals surface area contributed by atoms with Gasteiger partial charge in [-0.05, 0) is 6.07 Å². The van der Waals surface area contributed by atoms with Crippen LogP contribution in [-0.2, 0) is 0 Å². The lowest BCUT2D eigenvalue weighted by atomic mass is 10.1. The van der Waals surface area contributed by atoms with Crippen molar-refractivity contribution in [3.63, 3.8) is 0 Å². The number of fused-ring (bicyclic) bond motifs is 1. The molecular formula is C10H6Cl2N2O4. The molecule has 0 fully saturated rings. The Bertz CT molecular complexity index is 645. The zero-order valence-electron chi connectivity index (χ0n) is 8.66. The largest absolute Gasteiger partial charge is 0.478 e. The van der Waals surface area contributed by atoms with E-state index in [2.05, 4.69) is 4.98 Å². The molecule has 1 N–H and O–H groups in total. The molecule has 8 heteroatoms. The highest BCUT2D eigenvalue weighted by atomic mass is 35.5. The van der Waals surface area contributed by atoms with Crippen molar-refractivity contribution in [2.45, 2.75) is 0 Å². The molecule has 0 aliphatic rings. The van der Waals surface area contributed by atoms with Gasteiger partial charge in [0, 0.05) is 11.5 Å². The predicted molar refractivity (Wildman–Crippen MR) is 67.6 cm³/mol. The molecule has 1 heterocycles. The third-order valence-electron chi connectivity index (χ3n) is 2.21. The van der Waals surface area contributed by atoms with Gasteiger partial charge in [-0.15, -0.1) is 12.4 Å². The van der Waals surface area contributed by atoms with Crippen LogP contribution in [0.25, 0.3) is 10.9 Å². The second-order valence-electron chi connectivity index (χ2n) is 3.25. The Labute approximate surface area is 112 Å². The van der Waals surface area contributed by atoms with Crippen molar-refractivity contribution in [1.82, 2.24) is 4.98 Å². The fraction of sp³-hybridized carbons (Fsp3) is 0. The van der Waals surface area contributed by atoms with Gasteiger partial charge >= 0.3 is 5.97 Å². The van der Waals surface area contributed by atoms with Crippen molar-refractivity contribution in [3.8, 4) is 0 Å². The van der Waals surface area contributed by atoms with Gasteiger partial charge in [-0.1, -0.05) is 17.7 Å². The molecule has 18 heavy (non-hydrogen) atoms. The number of benzene rings is 1. The van der Waals surface area contributed by atoms with E-state index >= 15 is 0 Å². The second-order valence-corrected chi connectivity index (χ2v) is 3.66. The van der Waals surface area contributed by atoms with Crippen molar-refractivity contribution in [3.05, 3.63) is 45.1 Å². The highest BCUT2D eigenvalue weighted by Gasteiger charge is 2.16. The molecule has 0 aliphatic heterocycles. The molecule has 0 bridgehead atoms. The fourth-order valence-electron chi connectivity index (χ4n) is 1.47. The van der Waals surface area contributed by atoms with E-state index in [4.69, 9.17) is 16.7 Å². The highest BCUT2D eigenvalue weighted by molar-refractivity contribution is 6.35. The summed E-state index contributed by atoms with van der Waals surface area (Å²) in [6.07, 6.45) is 1.01. The SMILES string of the molecule is Cl.O=C(O)c1c(Cl)ccc2cc([N+](=O)[O-])cnc12. The Kier molecular flexibility index (Phi) is 4.05. The number of aromatic carboxylic acids is 1. The summed E-state index contributed by atoms with van der Waals surface area (Å²) < 4.78 is 0. The van der Waals surface area contributed by atoms with Gasteiger partial charge in [0.2, 0.25) is 0 Å². The minimum Gasteiger partial charge on any atom is -0.478 e. The summed E-state index contributed by atoms with van der Waals surface area (Å²) in [6.45, 7) is 0. The molecule has 2 rings (SSSR count). The van der Waals surface area contributed by atoms with Crippen molar-refractivity contribution >= 4 is 46.6 Å². The maximum atomic E-state index is 11.0. The first-order valence-electron chi connectivity index (χ1n) is 4.46. The van der Waals surface area contributed by atoms with Crippen molar-refractivity contribution < 1.29 is 14.8 Å². The third-order valence-corrected chi connectivity index (χ3v) is 2.53. The molecule has 0 amide bonds. The van der Waals surface area contributed by atoms with E-state index in [1.165, 1.54) is 18.2 Å². The Balaban J connectivity index is 0.00000162. The van der Waals surface area contributed by atoms with E-state index in [-0.39, 0.29) is 34.2 Å². The Morgan fingerprint density at radius 3 is 2.67 bits per heavy atom. The number of pyridine rings is 1. The van der Waals surface area contributed by atoms with Gasteiger partial charge in [0.05, 0.1) is 15.5 Å². The van der Waals surface area contributed by atoms with E-state index in [1.54, 1.807) is 0 Å². The molecule has 6 nitrogen and oxygen atoms in total. The second kappa shape index (κ2) is 5.16. The number of nitro groups is 1. The number of carboxylic acid groups (broad SMARTS) is 1. The fourth-order valence-corrected chi connectivity index (χ4v) is 1.70. The Hall–Kier alpha value is -1.92. The summed E-state index contributed by atoms with van der Waals surface area (Å²) in [7, 11) is 0. The Morgan fingerprint density at radius 1 is 1.44 bits per heavy atom. The van der Waals surface area contributed by atoms with Gasteiger partial charge in [-0.25, -0.2) is 9.78 Å². The topological polar surface area (TPSA) is 93.3 Å². The van der Waals surface area contributed by atoms with Crippen molar-refractivity contribution in [1.29, 1.82) is 0 Å². The molecule has 0 aliphatic carbocycles. The first-order chi connectivity index (χ1) is 8.00. The van der Waals surface area contributed by atoms with Crippen LogP contribution in [0.1, 0.15) is 10.4 Å². The summed E-state index contributed by atoms with van der Waals surface area (Å²) in [5, 5.41) is 19.9. The van der Waals surface area contributed by atoms with E-state index < -0.39 is 10.9 Å². The van der Waals surface area contributed by atoms with Crippen LogP contribution < -0.4 is 0 Å². The first kappa shape index (κ1) is 14.1. The van der Waals surface area contributed by atoms with Gasteiger partial charge in [0.1, 0.15) is 11.8 Å². The van der Waals surface area contributed by atoms with Gasteiger partial charge in [0.25, 0.3) is 5.69 Å². The van der Waals surface area contributed by atoms with Gasteiger partial charge in [0.15, 0.2) is 0 Å². The lowest BCUT2D eigenvalue weighted by Crippen LogP contribution is -2.01. The van der Waals surface area contributed by atoms with Crippen LogP contribution in [0.2, 0.25) is 5.02 Å². The lowest BCUT2D eigenvalue weighted by molar-refractivity contribution is -0.385. The zero-order valence-corrected chi connectivity index (χ0v) is 10.2. The molecule has 0 atom stereocenters. The van der Waals surface area contributed by atoms with Crippen LogP contribution in [0.5, 0.6) is 0 Å². The highest BCUT2D eigenvalue weighted by Crippen LogP contribution is 2.26. The number of hydrogen-bond acceptors (Lipinski definition) is 4. The molecule has 2 aromatic rings. The summed E-state index contributed by atoms with van der Waals surface area (Å²) in [5.74, 6) is -1.22. The number of aromatic nitrogens is 1. The number of carbonyl (C=O) groups is 1. The zero-order chi connectivity index (χ0) is 12.6. The van der Waals surface area contributed by atoms with Crippen LogP contribution in [0.15, 0.2) is 24.4 Å². The van der Waals surface area contributed by atoms with Crippen LogP contribution >= 0.6 is 24.0 Å². The van der Waals surface area contributed by atoms with Crippen LogP contribution in [0.4, 0.5) is 5.69 Å². The van der Waals surface area contributed by atoms with Gasteiger partial charge < -0.3 is 5.11 Å². The average Bonchev–Trinajstić information content (AvgIpc) is 2.27. The molecule has 0 radical (unpaired) electrons. The molecule has 0 spiro atoms. The summed E-state index contributed by atoms with van der Waals surface area (Å²) in [5.41, 5.74) is -0.217. The number of hydrogen-bond donors (Lipinski definition) is 1. The number of halogens is 2. The average molecular weight is 289 g/mol. The van der Waals surface area contributed by atoms with Gasteiger partial charge in [-0.2, -0.15) is 0 Å². The minimum atomic E-state index is -1.22. The summed E-state index contributed by atoms with van der Waals surface area (Å²) >= 11 is 5.75. The quantitative estimate of drug-likeness (QED) is 0.677. The molecule has 1 aromatic heterocycles. The Morgan fingerprint density at radius 2 is 2.11 bits per heavy atom. The smallest absolute Gasteiger partial charge is 0.339 e. The number of nitrogens with zero attached hydrogens (tertiary/aromatic N) is 2. The standard InChI is InChI=1S/C10H5ClN2O4.ClH/c11-7-2-1-5-3-6(13(16)17)4-12-9(5)8(7)10(14)15;/h1-4H,(H,14,15);1H. The number of carboxylic acids is 1. The molecule has 0 saturated carbocycles. The maximum absolute atomic E-state index is 11.0. The molecular weight excluding hydrogens is 283 g/mol.